The van der Waals surface area contributed by atoms with Crippen LogP contribution in [0.1, 0.15) is 18.1 Å². The number of esters is 1. The fourth-order valence-electron chi connectivity index (χ4n) is 1.37. The van der Waals surface area contributed by atoms with Crippen molar-refractivity contribution in [3.05, 3.63) is 33.5 Å². The van der Waals surface area contributed by atoms with Crippen LogP contribution in [0.15, 0.2) is 12.3 Å². The zero-order valence-electron chi connectivity index (χ0n) is 10.0. The number of aromatic nitrogens is 1. The quantitative estimate of drug-likeness (QED) is 0.375. The molecule has 0 atom stereocenters. The van der Waals surface area contributed by atoms with Crippen LogP contribution in [0.2, 0.25) is 0 Å². The zero-order chi connectivity index (χ0) is 13.7. The second-order valence-corrected chi connectivity index (χ2v) is 3.41. The van der Waals surface area contributed by atoms with Crippen LogP contribution in [-0.4, -0.2) is 22.5 Å². The molecule has 0 fully saturated rings. The Balaban J connectivity index is 3.09. The summed E-state index contributed by atoms with van der Waals surface area (Å²) >= 11 is 0. The molecule has 1 heterocycles. The summed E-state index contributed by atoms with van der Waals surface area (Å²) in [6.45, 7) is 3.50. The van der Waals surface area contributed by atoms with Crippen molar-refractivity contribution in [1.82, 2.24) is 4.98 Å². The van der Waals surface area contributed by atoms with Crippen LogP contribution in [0.25, 0.3) is 6.08 Å². The maximum atomic E-state index is 11.1. The smallest absolute Gasteiger partial charge is 0.330 e. The molecular weight excluding hydrogens is 238 g/mol. The normalized spacial score (nSPS) is 10.6. The van der Waals surface area contributed by atoms with Crippen LogP contribution in [-0.2, 0) is 9.53 Å². The van der Waals surface area contributed by atoms with Crippen LogP contribution in [0, 0.1) is 17.0 Å². The van der Waals surface area contributed by atoms with Crippen molar-refractivity contribution in [1.29, 1.82) is 0 Å². The van der Waals surface area contributed by atoms with E-state index < -0.39 is 10.9 Å². The summed E-state index contributed by atoms with van der Waals surface area (Å²) in [5, 5.41) is 10.8. The molecule has 0 saturated carbocycles. The summed E-state index contributed by atoms with van der Waals surface area (Å²) in [5.74, 6) is -0.665. The predicted molar refractivity (Wildman–Crippen MR) is 65.7 cm³/mol. The molecule has 7 nitrogen and oxygen atoms in total. The van der Waals surface area contributed by atoms with Gasteiger partial charge in [0.25, 0.3) is 0 Å². The van der Waals surface area contributed by atoms with Gasteiger partial charge >= 0.3 is 11.7 Å². The van der Waals surface area contributed by atoms with E-state index in [1.807, 2.05) is 0 Å². The number of nitrogen functional groups attached to an aromatic ring is 1. The third-order valence-corrected chi connectivity index (χ3v) is 2.24. The molecule has 1 rings (SSSR count). The zero-order valence-corrected chi connectivity index (χ0v) is 10.0. The first-order chi connectivity index (χ1) is 8.47. The van der Waals surface area contributed by atoms with E-state index in [4.69, 9.17) is 10.5 Å². The first-order valence-corrected chi connectivity index (χ1v) is 5.21. The van der Waals surface area contributed by atoms with E-state index in [0.29, 0.717) is 11.1 Å². The van der Waals surface area contributed by atoms with E-state index in [9.17, 15) is 14.9 Å². The molecule has 0 unspecified atom stereocenters. The van der Waals surface area contributed by atoms with Gasteiger partial charge in [0.1, 0.15) is 0 Å². The molecule has 2 N–H and O–H groups in total. The van der Waals surface area contributed by atoms with Gasteiger partial charge < -0.3 is 10.5 Å². The van der Waals surface area contributed by atoms with Gasteiger partial charge in [-0.1, -0.05) is 0 Å². The van der Waals surface area contributed by atoms with Gasteiger partial charge in [-0.15, -0.1) is 0 Å². The standard InChI is InChI=1S/C11H13N3O4/c1-3-18-9(15)5-4-8-6-13-11(12)10(7(8)2)14(16)17/h4-6H,3H2,1-2H3,(H2,12,13). The molecule has 0 amide bonds. The molecule has 1 aromatic rings. The van der Waals surface area contributed by atoms with Crippen molar-refractivity contribution in [3.63, 3.8) is 0 Å². The molecule has 0 radical (unpaired) electrons. The molecule has 0 aliphatic rings. The molecule has 1 aromatic heterocycles. The fraction of sp³-hybridized carbons (Fsp3) is 0.273. The van der Waals surface area contributed by atoms with Crippen LogP contribution in [0.4, 0.5) is 11.5 Å². The van der Waals surface area contributed by atoms with Gasteiger partial charge in [-0.05, 0) is 19.9 Å². The predicted octanol–water partition coefficient (Wildman–Crippen LogP) is 1.46. The third kappa shape index (κ3) is 3.03. The van der Waals surface area contributed by atoms with E-state index in [0.717, 1.165) is 0 Å². The summed E-state index contributed by atoms with van der Waals surface area (Å²) in [4.78, 5) is 25.1. The summed E-state index contributed by atoms with van der Waals surface area (Å²) in [7, 11) is 0. The van der Waals surface area contributed by atoms with Gasteiger partial charge in [-0.3, -0.25) is 10.1 Å². The topological polar surface area (TPSA) is 108 Å². The summed E-state index contributed by atoms with van der Waals surface area (Å²) in [6, 6.07) is 0. The molecule has 0 aliphatic carbocycles. The lowest BCUT2D eigenvalue weighted by Crippen LogP contribution is -2.03. The average molecular weight is 251 g/mol. The molecule has 96 valence electrons. The molecule has 0 saturated heterocycles. The SMILES string of the molecule is CCOC(=O)C=Cc1cnc(N)c([N+](=O)[O-])c1C. The number of rotatable bonds is 4. The number of nitro groups is 1. The number of nitrogens with zero attached hydrogens (tertiary/aromatic N) is 2. The number of pyridine rings is 1. The number of hydrogen-bond donors (Lipinski definition) is 1. The highest BCUT2D eigenvalue weighted by molar-refractivity contribution is 5.87. The fourth-order valence-corrected chi connectivity index (χ4v) is 1.37. The molecule has 0 bridgehead atoms. The second kappa shape index (κ2) is 5.76. The maximum absolute atomic E-state index is 11.1. The molecule has 0 spiro atoms. The van der Waals surface area contributed by atoms with Crippen LogP contribution in [0.5, 0.6) is 0 Å². The van der Waals surface area contributed by atoms with E-state index in [2.05, 4.69) is 4.98 Å². The molecule has 18 heavy (non-hydrogen) atoms. The molecule has 0 aromatic carbocycles. The molecule has 0 aliphatic heterocycles. The van der Waals surface area contributed by atoms with Gasteiger partial charge in [0.2, 0.25) is 5.82 Å². The van der Waals surface area contributed by atoms with Gasteiger partial charge in [0.15, 0.2) is 0 Å². The number of carbonyl (C=O) groups excluding carboxylic acids is 1. The Morgan fingerprint density at radius 1 is 1.67 bits per heavy atom. The number of hydrogen-bond acceptors (Lipinski definition) is 6. The van der Waals surface area contributed by atoms with Crippen molar-refractivity contribution >= 4 is 23.6 Å². The van der Waals surface area contributed by atoms with Gasteiger partial charge in [-0.25, -0.2) is 9.78 Å². The third-order valence-electron chi connectivity index (χ3n) is 2.24. The van der Waals surface area contributed by atoms with Crippen molar-refractivity contribution in [3.8, 4) is 0 Å². The lowest BCUT2D eigenvalue weighted by molar-refractivity contribution is -0.384. The van der Waals surface area contributed by atoms with Crippen molar-refractivity contribution in [2.24, 2.45) is 0 Å². The van der Waals surface area contributed by atoms with Crippen LogP contribution >= 0.6 is 0 Å². The Morgan fingerprint density at radius 3 is 2.89 bits per heavy atom. The number of anilines is 1. The summed E-state index contributed by atoms with van der Waals surface area (Å²) in [5.41, 5.74) is 5.98. The first-order valence-electron chi connectivity index (χ1n) is 5.21. The Morgan fingerprint density at radius 2 is 2.33 bits per heavy atom. The van der Waals surface area contributed by atoms with Gasteiger partial charge in [-0.2, -0.15) is 0 Å². The van der Waals surface area contributed by atoms with Crippen LogP contribution in [0.3, 0.4) is 0 Å². The Kier molecular flexibility index (Phi) is 4.36. The monoisotopic (exact) mass is 251 g/mol. The largest absolute Gasteiger partial charge is 0.463 e. The average Bonchev–Trinajstić information content (AvgIpc) is 2.28. The lowest BCUT2D eigenvalue weighted by Gasteiger charge is -2.03. The minimum absolute atomic E-state index is 0.147. The lowest BCUT2D eigenvalue weighted by atomic mass is 10.1. The van der Waals surface area contributed by atoms with Gasteiger partial charge in [0, 0.05) is 23.4 Å². The van der Waals surface area contributed by atoms with E-state index in [1.54, 1.807) is 13.8 Å². The number of carbonyl (C=O) groups is 1. The van der Waals surface area contributed by atoms with Crippen molar-refractivity contribution in [2.75, 3.05) is 12.3 Å². The van der Waals surface area contributed by atoms with Crippen LogP contribution < -0.4 is 5.73 Å². The highest BCUT2D eigenvalue weighted by Crippen LogP contribution is 2.26. The number of ether oxygens (including phenoxy) is 1. The van der Waals surface area contributed by atoms with Crippen molar-refractivity contribution in [2.45, 2.75) is 13.8 Å². The van der Waals surface area contributed by atoms with E-state index in [-0.39, 0.29) is 18.1 Å². The van der Waals surface area contributed by atoms with E-state index >= 15 is 0 Å². The summed E-state index contributed by atoms with van der Waals surface area (Å²) in [6.07, 6.45) is 3.97. The Hall–Kier alpha value is -2.44. The molecule has 7 heteroatoms. The highest BCUT2D eigenvalue weighted by atomic mass is 16.6. The number of nitrogens with two attached hydrogens (primary N) is 1. The minimum Gasteiger partial charge on any atom is -0.463 e. The Labute approximate surface area is 103 Å². The Bertz CT molecular complexity index is 511. The van der Waals surface area contributed by atoms with E-state index in [1.165, 1.54) is 18.3 Å². The molecular formula is C11H13N3O4. The summed E-state index contributed by atoms with van der Waals surface area (Å²) < 4.78 is 4.70. The van der Waals surface area contributed by atoms with Gasteiger partial charge in [0.05, 0.1) is 11.5 Å². The maximum Gasteiger partial charge on any atom is 0.330 e. The minimum atomic E-state index is -0.598. The highest BCUT2D eigenvalue weighted by Gasteiger charge is 2.18. The first kappa shape index (κ1) is 13.6. The second-order valence-electron chi connectivity index (χ2n) is 3.41. The van der Waals surface area contributed by atoms with Crippen molar-refractivity contribution < 1.29 is 14.5 Å².